The molecule has 4 rings (SSSR count). The minimum Gasteiger partial charge on any atom is -0.393 e. The second kappa shape index (κ2) is 8.63. The monoisotopic (exact) mass is 360 g/mol. The molecule has 0 radical (unpaired) electrons. The molecule has 3 fully saturated rings. The van der Waals surface area contributed by atoms with E-state index in [1.807, 2.05) is 27.7 Å². The van der Waals surface area contributed by atoms with Crippen LogP contribution in [0, 0.1) is 28.6 Å². The highest BCUT2D eigenvalue weighted by Crippen LogP contribution is 2.66. The van der Waals surface area contributed by atoms with Crippen molar-refractivity contribution in [3.63, 3.8) is 0 Å². The number of rotatable bonds is 0. The Balaban J connectivity index is 0.000000570. The maximum Gasteiger partial charge on any atom is 0.0577 e. The normalized spacial score (nSPS) is 45.1. The van der Waals surface area contributed by atoms with Gasteiger partial charge < -0.3 is 5.11 Å². The number of allylic oxidation sites excluding steroid dienone is 3. The molecule has 0 aliphatic heterocycles. The quantitative estimate of drug-likeness (QED) is 0.449. The van der Waals surface area contributed by atoms with Crippen molar-refractivity contribution in [2.75, 3.05) is 0 Å². The van der Waals surface area contributed by atoms with E-state index in [0.29, 0.717) is 10.8 Å². The smallest absolute Gasteiger partial charge is 0.0577 e. The molecule has 150 valence electrons. The van der Waals surface area contributed by atoms with Crippen molar-refractivity contribution in [2.45, 2.75) is 106 Å². The summed E-state index contributed by atoms with van der Waals surface area (Å²) < 4.78 is 0. The van der Waals surface area contributed by atoms with Gasteiger partial charge in [0, 0.05) is 0 Å². The van der Waals surface area contributed by atoms with Gasteiger partial charge in [0.2, 0.25) is 0 Å². The molecule has 0 heterocycles. The maximum absolute atomic E-state index is 10.1. The molecule has 4 aliphatic rings. The molecule has 6 unspecified atom stereocenters. The van der Waals surface area contributed by atoms with Crippen molar-refractivity contribution >= 4 is 0 Å². The summed E-state index contributed by atoms with van der Waals surface area (Å²) in [6.07, 6.45) is 14.9. The van der Waals surface area contributed by atoms with Gasteiger partial charge in [-0.15, -0.1) is 0 Å². The van der Waals surface area contributed by atoms with E-state index in [2.05, 4.69) is 32.9 Å². The summed E-state index contributed by atoms with van der Waals surface area (Å²) in [4.78, 5) is 0. The Morgan fingerprint density at radius 2 is 1.58 bits per heavy atom. The van der Waals surface area contributed by atoms with E-state index in [0.717, 1.165) is 30.6 Å². The SMILES string of the molecule is C/C=C1\CCC2C3CC=C4CC(O)CCC4(C)C3CCC12C.CC.CC. The molecule has 0 aromatic heterocycles. The Labute approximate surface area is 163 Å². The molecule has 1 heteroatoms. The zero-order chi connectivity index (χ0) is 19.5. The molecule has 3 saturated carbocycles. The van der Waals surface area contributed by atoms with Gasteiger partial charge in [0.15, 0.2) is 0 Å². The lowest BCUT2D eigenvalue weighted by molar-refractivity contribution is -0.0268. The molecule has 0 bridgehead atoms. The molecule has 1 N–H and O–H groups in total. The Morgan fingerprint density at radius 3 is 2.23 bits per heavy atom. The predicted molar refractivity (Wildman–Crippen MR) is 114 cm³/mol. The van der Waals surface area contributed by atoms with E-state index < -0.39 is 0 Å². The van der Waals surface area contributed by atoms with Crippen LogP contribution in [0.5, 0.6) is 0 Å². The fraction of sp³-hybridized carbons (Fsp3) is 0.840. The minimum atomic E-state index is -0.0779. The lowest BCUT2D eigenvalue weighted by Crippen LogP contribution is -2.49. The van der Waals surface area contributed by atoms with E-state index >= 15 is 0 Å². The van der Waals surface area contributed by atoms with Crippen molar-refractivity contribution in [1.82, 2.24) is 0 Å². The summed E-state index contributed by atoms with van der Waals surface area (Å²) in [6.45, 7) is 15.3. The molecular weight excluding hydrogens is 316 g/mol. The summed E-state index contributed by atoms with van der Waals surface area (Å²) in [5.74, 6) is 2.66. The molecule has 0 aromatic rings. The third-order valence-electron chi connectivity index (χ3n) is 8.27. The predicted octanol–water partition coefficient (Wildman–Crippen LogP) is 7.31. The van der Waals surface area contributed by atoms with Crippen molar-refractivity contribution in [2.24, 2.45) is 28.6 Å². The second-order valence-corrected chi connectivity index (χ2v) is 8.96. The molecule has 4 aliphatic carbocycles. The average molecular weight is 361 g/mol. The molecule has 6 atom stereocenters. The first-order valence-electron chi connectivity index (χ1n) is 11.5. The average Bonchev–Trinajstić information content (AvgIpc) is 3.02. The van der Waals surface area contributed by atoms with Crippen molar-refractivity contribution in [3.8, 4) is 0 Å². The van der Waals surface area contributed by atoms with Crippen molar-refractivity contribution in [3.05, 3.63) is 23.3 Å². The largest absolute Gasteiger partial charge is 0.393 e. The van der Waals surface area contributed by atoms with Gasteiger partial charge in [0.25, 0.3) is 0 Å². The van der Waals surface area contributed by atoms with E-state index in [9.17, 15) is 5.11 Å². The van der Waals surface area contributed by atoms with Gasteiger partial charge in [-0.1, -0.05) is 64.8 Å². The van der Waals surface area contributed by atoms with Crippen LogP contribution in [0.15, 0.2) is 23.3 Å². The summed E-state index contributed by atoms with van der Waals surface area (Å²) in [7, 11) is 0. The first-order chi connectivity index (χ1) is 12.5. The lowest BCUT2D eigenvalue weighted by atomic mass is 9.48. The summed E-state index contributed by atoms with van der Waals surface area (Å²) in [5.41, 5.74) is 4.23. The fourth-order valence-electron chi connectivity index (χ4n) is 6.96. The maximum atomic E-state index is 10.1. The summed E-state index contributed by atoms with van der Waals surface area (Å²) >= 11 is 0. The first kappa shape index (κ1) is 21.7. The van der Waals surface area contributed by atoms with Gasteiger partial charge in [-0.05, 0) is 86.9 Å². The van der Waals surface area contributed by atoms with Crippen LogP contribution in [0.2, 0.25) is 0 Å². The summed E-state index contributed by atoms with van der Waals surface area (Å²) in [6, 6.07) is 0. The van der Waals surface area contributed by atoms with Crippen LogP contribution in [0.25, 0.3) is 0 Å². The molecule has 1 nitrogen and oxygen atoms in total. The number of aliphatic hydroxyl groups excluding tert-OH is 1. The third kappa shape index (κ3) is 3.34. The Hall–Kier alpha value is -0.560. The molecular formula is C25H44O. The van der Waals surface area contributed by atoms with Gasteiger partial charge >= 0.3 is 0 Å². The molecule has 0 spiro atoms. The fourth-order valence-corrected chi connectivity index (χ4v) is 6.96. The van der Waals surface area contributed by atoms with E-state index in [-0.39, 0.29) is 6.10 Å². The zero-order valence-electron chi connectivity index (χ0n) is 18.6. The highest BCUT2D eigenvalue weighted by atomic mass is 16.3. The Bertz CT molecular complexity index is 530. The number of hydrogen-bond acceptors (Lipinski definition) is 1. The van der Waals surface area contributed by atoms with E-state index in [1.54, 1.807) is 11.1 Å². The van der Waals surface area contributed by atoms with Crippen molar-refractivity contribution in [1.29, 1.82) is 0 Å². The minimum absolute atomic E-state index is 0.0779. The second-order valence-electron chi connectivity index (χ2n) is 8.96. The van der Waals surface area contributed by atoms with Crippen LogP contribution in [0.1, 0.15) is 99.8 Å². The van der Waals surface area contributed by atoms with Crippen LogP contribution in [-0.4, -0.2) is 11.2 Å². The highest BCUT2D eigenvalue weighted by Gasteiger charge is 2.56. The van der Waals surface area contributed by atoms with E-state index in [4.69, 9.17) is 0 Å². The summed E-state index contributed by atoms with van der Waals surface area (Å²) in [5, 5.41) is 10.1. The first-order valence-corrected chi connectivity index (χ1v) is 11.5. The van der Waals surface area contributed by atoms with E-state index in [1.165, 1.54) is 38.5 Å². The standard InChI is InChI=1S/C21H32O.2C2H6/c1-4-14-6-8-18-17-7-5-15-13-16(22)9-11-21(15,3)19(17)10-12-20(14,18)2;2*1-2/h4-5,16-19,22H,6-13H2,1-3H3;2*1-2H3/b14-4+;;. The van der Waals surface area contributed by atoms with Crippen LogP contribution in [-0.2, 0) is 0 Å². The number of aliphatic hydroxyl groups is 1. The molecule has 0 saturated heterocycles. The highest BCUT2D eigenvalue weighted by molar-refractivity contribution is 5.29. The van der Waals surface area contributed by atoms with Gasteiger partial charge in [-0.3, -0.25) is 0 Å². The number of fused-ring (bicyclic) bond motifs is 5. The van der Waals surface area contributed by atoms with Gasteiger partial charge in [-0.2, -0.15) is 0 Å². The number of hydrogen-bond donors (Lipinski definition) is 1. The van der Waals surface area contributed by atoms with Gasteiger partial charge in [0.05, 0.1) is 6.10 Å². The topological polar surface area (TPSA) is 20.2 Å². The lowest BCUT2D eigenvalue weighted by Gasteiger charge is -2.57. The van der Waals surface area contributed by atoms with Crippen molar-refractivity contribution < 1.29 is 5.11 Å². The zero-order valence-corrected chi connectivity index (χ0v) is 18.6. The third-order valence-corrected chi connectivity index (χ3v) is 8.27. The van der Waals surface area contributed by atoms with Gasteiger partial charge in [-0.25, -0.2) is 0 Å². The van der Waals surface area contributed by atoms with Crippen LogP contribution in [0.4, 0.5) is 0 Å². The van der Waals surface area contributed by atoms with Crippen LogP contribution >= 0.6 is 0 Å². The Morgan fingerprint density at radius 1 is 0.962 bits per heavy atom. The molecule has 0 amide bonds. The van der Waals surface area contributed by atoms with Crippen LogP contribution in [0.3, 0.4) is 0 Å². The molecule has 26 heavy (non-hydrogen) atoms. The Kier molecular flexibility index (Phi) is 7.22. The molecule has 0 aromatic carbocycles. The van der Waals surface area contributed by atoms with Crippen LogP contribution < -0.4 is 0 Å². The van der Waals surface area contributed by atoms with Gasteiger partial charge in [0.1, 0.15) is 0 Å².